The molecular weight excluding hydrogens is 292 g/mol. The predicted octanol–water partition coefficient (Wildman–Crippen LogP) is 3.21. The van der Waals surface area contributed by atoms with Gasteiger partial charge in [-0.25, -0.2) is 0 Å². The third kappa shape index (κ3) is 4.66. The zero-order valence-electron chi connectivity index (χ0n) is 14.1. The number of hydrogen-bond donors (Lipinski definition) is 1. The first-order valence-corrected chi connectivity index (χ1v) is 7.77. The van der Waals surface area contributed by atoms with Gasteiger partial charge in [-0.2, -0.15) is 0 Å². The Bertz CT molecular complexity index is 645. The van der Waals surface area contributed by atoms with Crippen molar-refractivity contribution < 1.29 is 14.4 Å². The molecule has 1 N–H and O–H groups in total. The SMILES string of the molecule is CC(c1ccon1)N(C)C(=O)c1cccc(CCC(C)(C)O)c1. The summed E-state index contributed by atoms with van der Waals surface area (Å²) >= 11 is 0. The van der Waals surface area contributed by atoms with Crippen molar-refractivity contribution in [3.8, 4) is 0 Å². The van der Waals surface area contributed by atoms with E-state index < -0.39 is 5.60 Å². The lowest BCUT2D eigenvalue weighted by Gasteiger charge is -2.23. The third-order valence-electron chi connectivity index (χ3n) is 3.99. The van der Waals surface area contributed by atoms with Gasteiger partial charge >= 0.3 is 0 Å². The number of aliphatic hydroxyl groups is 1. The van der Waals surface area contributed by atoms with Gasteiger partial charge in [0.25, 0.3) is 5.91 Å². The van der Waals surface area contributed by atoms with E-state index in [4.69, 9.17) is 4.52 Å². The largest absolute Gasteiger partial charge is 0.390 e. The molecule has 0 aliphatic carbocycles. The number of benzene rings is 1. The van der Waals surface area contributed by atoms with Crippen LogP contribution in [0.2, 0.25) is 0 Å². The van der Waals surface area contributed by atoms with Crippen molar-refractivity contribution in [2.45, 2.75) is 45.3 Å². The van der Waals surface area contributed by atoms with Crippen LogP contribution < -0.4 is 0 Å². The number of hydrogen-bond acceptors (Lipinski definition) is 4. The van der Waals surface area contributed by atoms with Gasteiger partial charge in [-0.15, -0.1) is 0 Å². The van der Waals surface area contributed by atoms with E-state index in [1.54, 1.807) is 31.9 Å². The van der Waals surface area contributed by atoms with Gasteiger partial charge in [0.1, 0.15) is 12.0 Å². The van der Waals surface area contributed by atoms with Crippen LogP contribution in [-0.4, -0.2) is 33.7 Å². The van der Waals surface area contributed by atoms with Gasteiger partial charge in [0.2, 0.25) is 0 Å². The van der Waals surface area contributed by atoms with E-state index in [1.165, 1.54) is 6.26 Å². The summed E-state index contributed by atoms with van der Waals surface area (Å²) in [5.74, 6) is -0.0643. The Morgan fingerprint density at radius 2 is 2.13 bits per heavy atom. The summed E-state index contributed by atoms with van der Waals surface area (Å²) in [6.07, 6.45) is 2.88. The van der Waals surface area contributed by atoms with Crippen LogP contribution in [0.1, 0.15) is 54.8 Å². The number of nitrogens with zero attached hydrogens (tertiary/aromatic N) is 2. The molecule has 1 heterocycles. The van der Waals surface area contributed by atoms with Crippen LogP contribution in [-0.2, 0) is 6.42 Å². The molecule has 0 fully saturated rings. The second kappa shape index (κ2) is 6.96. The average molecular weight is 316 g/mol. The highest BCUT2D eigenvalue weighted by Crippen LogP contribution is 2.20. The first-order chi connectivity index (χ1) is 10.8. The molecule has 0 aliphatic rings. The maximum atomic E-state index is 12.7. The Hall–Kier alpha value is -2.14. The highest BCUT2D eigenvalue weighted by Gasteiger charge is 2.21. The van der Waals surface area contributed by atoms with Crippen molar-refractivity contribution in [3.63, 3.8) is 0 Å². The van der Waals surface area contributed by atoms with Gasteiger partial charge in [-0.3, -0.25) is 4.79 Å². The Morgan fingerprint density at radius 1 is 1.39 bits per heavy atom. The molecule has 2 aromatic rings. The van der Waals surface area contributed by atoms with E-state index in [-0.39, 0.29) is 11.9 Å². The molecule has 0 spiro atoms. The van der Waals surface area contributed by atoms with Gasteiger partial charge in [0, 0.05) is 18.7 Å². The van der Waals surface area contributed by atoms with Crippen molar-refractivity contribution >= 4 is 5.91 Å². The summed E-state index contributed by atoms with van der Waals surface area (Å²) in [6, 6.07) is 9.14. The van der Waals surface area contributed by atoms with Crippen molar-refractivity contribution in [2.75, 3.05) is 7.05 Å². The summed E-state index contributed by atoms with van der Waals surface area (Å²) < 4.78 is 4.84. The summed E-state index contributed by atoms with van der Waals surface area (Å²) in [7, 11) is 1.76. The molecule has 124 valence electrons. The lowest BCUT2D eigenvalue weighted by atomic mass is 9.97. The molecule has 0 saturated heterocycles. The first kappa shape index (κ1) is 17.2. The van der Waals surface area contributed by atoms with Crippen LogP contribution >= 0.6 is 0 Å². The van der Waals surface area contributed by atoms with Gasteiger partial charge in [0.05, 0.1) is 11.6 Å². The average Bonchev–Trinajstić information content (AvgIpc) is 3.05. The molecule has 5 heteroatoms. The molecule has 2 rings (SSSR count). The molecule has 0 saturated carbocycles. The molecule has 5 nitrogen and oxygen atoms in total. The highest BCUT2D eigenvalue weighted by molar-refractivity contribution is 5.94. The minimum Gasteiger partial charge on any atom is -0.390 e. The number of amides is 1. The molecule has 23 heavy (non-hydrogen) atoms. The third-order valence-corrected chi connectivity index (χ3v) is 3.99. The molecule has 1 amide bonds. The zero-order valence-corrected chi connectivity index (χ0v) is 14.1. The minimum atomic E-state index is -0.710. The monoisotopic (exact) mass is 316 g/mol. The van der Waals surface area contributed by atoms with Crippen LogP contribution in [0.15, 0.2) is 41.1 Å². The lowest BCUT2D eigenvalue weighted by molar-refractivity contribution is 0.0714. The van der Waals surface area contributed by atoms with Gasteiger partial charge in [0.15, 0.2) is 0 Å². The van der Waals surface area contributed by atoms with E-state index in [1.807, 2.05) is 31.2 Å². The van der Waals surface area contributed by atoms with Gasteiger partial charge in [-0.1, -0.05) is 17.3 Å². The van der Waals surface area contributed by atoms with E-state index in [2.05, 4.69) is 5.16 Å². The van der Waals surface area contributed by atoms with Gasteiger partial charge < -0.3 is 14.5 Å². The van der Waals surface area contributed by atoms with E-state index in [0.717, 1.165) is 17.7 Å². The standard InChI is InChI=1S/C18H24N2O3/c1-13(16-9-11-23-19-16)20(4)17(21)15-7-5-6-14(12-15)8-10-18(2,3)22/h5-7,9,11-13,22H,8,10H2,1-4H3. The Kier molecular flexibility index (Phi) is 5.21. The molecule has 1 aromatic carbocycles. The first-order valence-electron chi connectivity index (χ1n) is 7.77. The number of aryl methyl sites for hydroxylation is 1. The van der Waals surface area contributed by atoms with E-state index in [9.17, 15) is 9.90 Å². The summed E-state index contributed by atoms with van der Waals surface area (Å²) in [4.78, 5) is 14.3. The maximum absolute atomic E-state index is 12.7. The van der Waals surface area contributed by atoms with Crippen molar-refractivity contribution in [1.29, 1.82) is 0 Å². The number of rotatable bonds is 6. The zero-order chi connectivity index (χ0) is 17.0. The molecule has 0 bridgehead atoms. The van der Waals surface area contributed by atoms with Gasteiger partial charge in [-0.05, 0) is 51.3 Å². The smallest absolute Gasteiger partial charge is 0.254 e. The number of carbonyl (C=O) groups excluding carboxylic acids is 1. The van der Waals surface area contributed by atoms with Crippen molar-refractivity contribution in [3.05, 3.63) is 53.4 Å². The summed E-state index contributed by atoms with van der Waals surface area (Å²) in [5, 5.41) is 13.7. The summed E-state index contributed by atoms with van der Waals surface area (Å²) in [6.45, 7) is 5.48. The fourth-order valence-electron chi connectivity index (χ4n) is 2.33. The Morgan fingerprint density at radius 3 is 2.74 bits per heavy atom. The molecule has 1 atom stereocenters. The van der Waals surface area contributed by atoms with Crippen molar-refractivity contribution in [2.24, 2.45) is 0 Å². The fourth-order valence-corrected chi connectivity index (χ4v) is 2.33. The minimum absolute atomic E-state index is 0.0643. The fraction of sp³-hybridized carbons (Fsp3) is 0.444. The maximum Gasteiger partial charge on any atom is 0.254 e. The second-order valence-corrected chi connectivity index (χ2v) is 6.53. The number of carbonyl (C=O) groups is 1. The van der Waals surface area contributed by atoms with E-state index >= 15 is 0 Å². The van der Waals surface area contributed by atoms with Crippen LogP contribution in [0, 0.1) is 0 Å². The van der Waals surface area contributed by atoms with E-state index in [0.29, 0.717) is 12.0 Å². The second-order valence-electron chi connectivity index (χ2n) is 6.53. The lowest BCUT2D eigenvalue weighted by Crippen LogP contribution is -2.30. The van der Waals surface area contributed by atoms with Crippen molar-refractivity contribution in [1.82, 2.24) is 10.1 Å². The Labute approximate surface area is 136 Å². The highest BCUT2D eigenvalue weighted by atomic mass is 16.5. The molecule has 1 unspecified atom stereocenters. The van der Waals surface area contributed by atoms with Crippen LogP contribution in [0.4, 0.5) is 0 Å². The molecule has 0 radical (unpaired) electrons. The predicted molar refractivity (Wildman–Crippen MR) is 88.1 cm³/mol. The number of aromatic nitrogens is 1. The molecule has 0 aliphatic heterocycles. The van der Waals surface area contributed by atoms with Crippen LogP contribution in [0.25, 0.3) is 0 Å². The normalized spacial score (nSPS) is 12.9. The molecular formula is C18H24N2O3. The van der Waals surface area contributed by atoms with Crippen LogP contribution in [0.3, 0.4) is 0 Å². The molecule has 1 aromatic heterocycles. The quantitative estimate of drug-likeness (QED) is 0.888. The van der Waals surface area contributed by atoms with Crippen LogP contribution in [0.5, 0.6) is 0 Å². The summed E-state index contributed by atoms with van der Waals surface area (Å²) in [5.41, 5.74) is 1.69. The topological polar surface area (TPSA) is 66.6 Å². The Balaban J connectivity index is 2.10.